The number of hydrogen-bond acceptors (Lipinski definition) is 5. The van der Waals surface area contributed by atoms with Crippen molar-refractivity contribution in [1.29, 1.82) is 0 Å². The Hall–Kier alpha value is -1.36. The maximum Gasteiger partial charge on any atom is 0.148 e. The van der Waals surface area contributed by atoms with Gasteiger partial charge in [-0.1, -0.05) is 13.8 Å². The second-order valence-corrected chi connectivity index (χ2v) is 5.59. The number of rotatable bonds is 3. The van der Waals surface area contributed by atoms with E-state index in [2.05, 4.69) is 34.6 Å². The van der Waals surface area contributed by atoms with Crippen LogP contribution in [0.15, 0.2) is 6.33 Å². The quantitative estimate of drug-likeness (QED) is 0.552. The molecule has 1 fully saturated rings. The van der Waals surface area contributed by atoms with Crippen molar-refractivity contribution in [2.75, 3.05) is 10.7 Å². The van der Waals surface area contributed by atoms with Crippen LogP contribution in [0.1, 0.15) is 38.7 Å². The Bertz CT molecular complexity index is 402. The van der Waals surface area contributed by atoms with E-state index < -0.39 is 0 Å². The van der Waals surface area contributed by atoms with Crippen molar-refractivity contribution in [3.05, 3.63) is 11.9 Å². The summed E-state index contributed by atoms with van der Waals surface area (Å²) in [4.78, 5) is 8.35. The molecule has 17 heavy (non-hydrogen) atoms. The lowest BCUT2D eigenvalue weighted by molar-refractivity contribution is 0.378. The molecule has 1 aromatic rings. The van der Waals surface area contributed by atoms with Crippen molar-refractivity contribution in [3.63, 3.8) is 0 Å². The first kappa shape index (κ1) is 12.1. The van der Waals surface area contributed by atoms with E-state index in [1.54, 1.807) is 0 Å². The smallest absolute Gasteiger partial charge is 0.148 e. The number of nitrogens with zero attached hydrogens (tertiary/aromatic N) is 2. The van der Waals surface area contributed by atoms with Crippen LogP contribution in [-0.4, -0.2) is 16.0 Å². The lowest BCUT2D eigenvalue weighted by Crippen LogP contribution is -2.20. The van der Waals surface area contributed by atoms with Gasteiger partial charge in [0.25, 0.3) is 0 Å². The maximum atomic E-state index is 5.40. The third-order valence-electron chi connectivity index (χ3n) is 3.53. The van der Waals surface area contributed by atoms with E-state index >= 15 is 0 Å². The topological polar surface area (TPSA) is 75.9 Å². The zero-order valence-corrected chi connectivity index (χ0v) is 10.7. The van der Waals surface area contributed by atoms with Crippen LogP contribution in [0.4, 0.5) is 11.6 Å². The van der Waals surface area contributed by atoms with Crippen LogP contribution in [0.3, 0.4) is 0 Å². The average Bonchev–Trinajstić information content (AvgIpc) is 2.61. The number of nitrogens with one attached hydrogen (secondary N) is 2. The standard InChI is InChI=1S/C12H21N5/c1-8-10(14-7-15-11(8)17-13)16-9-4-5-12(2,3)6-9/h7,9H,4-6,13H2,1-3H3,(H2,14,15,16,17). The summed E-state index contributed by atoms with van der Waals surface area (Å²) >= 11 is 0. The number of nitrogens with two attached hydrogens (primary N) is 1. The fourth-order valence-electron chi connectivity index (χ4n) is 2.49. The number of hydrogen-bond donors (Lipinski definition) is 3. The van der Waals surface area contributed by atoms with Gasteiger partial charge in [-0.25, -0.2) is 15.8 Å². The molecule has 1 atom stereocenters. The summed E-state index contributed by atoms with van der Waals surface area (Å²) < 4.78 is 0. The van der Waals surface area contributed by atoms with Crippen LogP contribution in [0.25, 0.3) is 0 Å². The molecule has 1 heterocycles. The highest BCUT2D eigenvalue weighted by atomic mass is 15.3. The van der Waals surface area contributed by atoms with E-state index in [0.29, 0.717) is 17.3 Å². The van der Waals surface area contributed by atoms with E-state index in [1.165, 1.54) is 25.6 Å². The summed E-state index contributed by atoms with van der Waals surface area (Å²) in [5.41, 5.74) is 4.00. The molecule has 0 aromatic carbocycles. The molecule has 0 radical (unpaired) electrons. The molecule has 1 aromatic heterocycles. The van der Waals surface area contributed by atoms with Crippen LogP contribution >= 0.6 is 0 Å². The molecule has 0 spiro atoms. The monoisotopic (exact) mass is 235 g/mol. The van der Waals surface area contributed by atoms with Crippen molar-refractivity contribution in [1.82, 2.24) is 9.97 Å². The fraction of sp³-hybridized carbons (Fsp3) is 0.667. The number of aromatic nitrogens is 2. The third-order valence-corrected chi connectivity index (χ3v) is 3.53. The molecule has 5 nitrogen and oxygen atoms in total. The Labute approximate surface area is 102 Å². The predicted molar refractivity (Wildman–Crippen MR) is 69.6 cm³/mol. The van der Waals surface area contributed by atoms with Crippen LogP contribution < -0.4 is 16.6 Å². The first-order chi connectivity index (χ1) is 8.02. The van der Waals surface area contributed by atoms with E-state index in [0.717, 1.165) is 11.4 Å². The van der Waals surface area contributed by atoms with Crippen LogP contribution in [-0.2, 0) is 0 Å². The van der Waals surface area contributed by atoms with Gasteiger partial charge in [-0.05, 0) is 31.6 Å². The molecular weight excluding hydrogens is 214 g/mol. The highest BCUT2D eigenvalue weighted by molar-refractivity contribution is 5.56. The molecule has 0 saturated heterocycles. The van der Waals surface area contributed by atoms with Gasteiger partial charge in [-0.3, -0.25) is 0 Å². The van der Waals surface area contributed by atoms with Crippen LogP contribution in [0.5, 0.6) is 0 Å². The van der Waals surface area contributed by atoms with Gasteiger partial charge in [0.15, 0.2) is 0 Å². The van der Waals surface area contributed by atoms with E-state index in [1.807, 2.05) is 6.92 Å². The van der Waals surface area contributed by atoms with E-state index in [4.69, 9.17) is 5.84 Å². The SMILES string of the molecule is Cc1c(NN)ncnc1NC1CCC(C)(C)C1. The molecule has 4 N–H and O–H groups in total. The summed E-state index contributed by atoms with van der Waals surface area (Å²) in [6.45, 7) is 6.60. The molecular formula is C12H21N5. The normalized spacial score (nSPS) is 22.5. The van der Waals surface area contributed by atoms with Crippen molar-refractivity contribution in [2.24, 2.45) is 11.3 Å². The average molecular weight is 235 g/mol. The Morgan fingerprint density at radius 1 is 1.35 bits per heavy atom. The summed E-state index contributed by atoms with van der Waals surface area (Å²) in [5, 5.41) is 3.49. The second-order valence-electron chi connectivity index (χ2n) is 5.59. The number of nitrogen functional groups attached to an aromatic ring is 1. The minimum absolute atomic E-state index is 0.438. The summed E-state index contributed by atoms with van der Waals surface area (Å²) in [6.07, 6.45) is 5.17. The Morgan fingerprint density at radius 2 is 2.06 bits per heavy atom. The summed E-state index contributed by atoms with van der Waals surface area (Å²) in [7, 11) is 0. The first-order valence-corrected chi connectivity index (χ1v) is 6.06. The Kier molecular flexibility index (Phi) is 3.19. The summed E-state index contributed by atoms with van der Waals surface area (Å²) in [5.74, 6) is 6.97. The van der Waals surface area contributed by atoms with Gasteiger partial charge in [0.05, 0.1) is 0 Å². The zero-order chi connectivity index (χ0) is 12.5. The molecule has 94 valence electrons. The Morgan fingerprint density at radius 3 is 2.65 bits per heavy atom. The fourth-order valence-corrected chi connectivity index (χ4v) is 2.49. The molecule has 0 amide bonds. The van der Waals surface area contributed by atoms with Crippen molar-refractivity contribution < 1.29 is 0 Å². The minimum Gasteiger partial charge on any atom is -0.367 e. The van der Waals surface area contributed by atoms with Gasteiger partial charge in [0.2, 0.25) is 0 Å². The van der Waals surface area contributed by atoms with Crippen molar-refractivity contribution in [3.8, 4) is 0 Å². The molecule has 1 aliphatic rings. The van der Waals surface area contributed by atoms with Gasteiger partial charge in [-0.15, -0.1) is 0 Å². The van der Waals surface area contributed by atoms with E-state index in [9.17, 15) is 0 Å². The molecule has 5 heteroatoms. The highest BCUT2D eigenvalue weighted by Crippen LogP contribution is 2.38. The number of anilines is 2. The molecule has 1 aliphatic carbocycles. The van der Waals surface area contributed by atoms with Gasteiger partial charge < -0.3 is 10.7 Å². The minimum atomic E-state index is 0.438. The summed E-state index contributed by atoms with van der Waals surface area (Å²) in [6, 6.07) is 0.504. The predicted octanol–water partition coefficient (Wildman–Crippen LogP) is 2.06. The van der Waals surface area contributed by atoms with Crippen molar-refractivity contribution in [2.45, 2.75) is 46.1 Å². The maximum absolute atomic E-state index is 5.40. The first-order valence-electron chi connectivity index (χ1n) is 6.06. The lowest BCUT2D eigenvalue weighted by Gasteiger charge is -2.19. The van der Waals surface area contributed by atoms with Gasteiger partial charge in [0.1, 0.15) is 18.0 Å². The largest absolute Gasteiger partial charge is 0.367 e. The van der Waals surface area contributed by atoms with E-state index in [-0.39, 0.29) is 0 Å². The molecule has 1 unspecified atom stereocenters. The van der Waals surface area contributed by atoms with Gasteiger partial charge >= 0.3 is 0 Å². The molecule has 2 rings (SSSR count). The van der Waals surface area contributed by atoms with Gasteiger partial charge in [-0.2, -0.15) is 0 Å². The number of hydrazine groups is 1. The van der Waals surface area contributed by atoms with Crippen molar-refractivity contribution >= 4 is 11.6 Å². The molecule has 0 aliphatic heterocycles. The van der Waals surface area contributed by atoms with Crippen LogP contribution in [0.2, 0.25) is 0 Å². The third kappa shape index (κ3) is 2.66. The van der Waals surface area contributed by atoms with Crippen LogP contribution in [0, 0.1) is 12.3 Å². The lowest BCUT2D eigenvalue weighted by atomic mass is 9.92. The zero-order valence-electron chi connectivity index (χ0n) is 10.7. The highest BCUT2D eigenvalue weighted by Gasteiger charge is 2.31. The second kappa shape index (κ2) is 4.49. The Balaban J connectivity index is 2.09. The van der Waals surface area contributed by atoms with Gasteiger partial charge in [0, 0.05) is 11.6 Å². The molecule has 0 bridgehead atoms. The molecule has 1 saturated carbocycles.